The van der Waals surface area contributed by atoms with Gasteiger partial charge in [0, 0.05) is 16.2 Å². The van der Waals surface area contributed by atoms with Crippen molar-refractivity contribution in [3.63, 3.8) is 0 Å². The average Bonchev–Trinajstić information content (AvgIpc) is 2.46. The second-order valence-electron chi connectivity index (χ2n) is 7.95. The van der Waals surface area contributed by atoms with Gasteiger partial charge >= 0.3 is 0 Å². The summed E-state index contributed by atoms with van der Waals surface area (Å²) in [6, 6.07) is 10.9. The molecule has 0 radical (unpaired) electrons. The van der Waals surface area contributed by atoms with Crippen molar-refractivity contribution in [2.75, 3.05) is 0 Å². The van der Waals surface area contributed by atoms with Crippen LogP contribution in [0.3, 0.4) is 0 Å². The van der Waals surface area contributed by atoms with Crippen molar-refractivity contribution in [2.24, 2.45) is 17.3 Å². The van der Waals surface area contributed by atoms with Gasteiger partial charge in [0.15, 0.2) is 0 Å². The van der Waals surface area contributed by atoms with Gasteiger partial charge in [-0.1, -0.05) is 58.9 Å². The Bertz CT molecular complexity index is 666. The van der Waals surface area contributed by atoms with E-state index in [0.717, 1.165) is 23.6 Å². The molecule has 0 spiro atoms. The Morgan fingerprint density at radius 3 is 2.04 bits per heavy atom. The Morgan fingerprint density at radius 1 is 0.917 bits per heavy atom. The second-order valence-corrected chi connectivity index (χ2v) is 7.95. The number of aliphatic hydroxyl groups excluding tert-OH is 1. The molecule has 2 aromatic rings. The van der Waals surface area contributed by atoms with Crippen LogP contribution in [0, 0.1) is 17.3 Å². The third-order valence-corrected chi connectivity index (χ3v) is 4.44. The normalized spacial score (nSPS) is 13.7. The molecule has 0 heterocycles. The number of rotatable bonds is 7. The molecule has 0 bridgehead atoms. The Morgan fingerprint density at radius 2 is 1.46 bits per heavy atom. The molecule has 1 unspecified atom stereocenters. The fourth-order valence-electron chi connectivity index (χ4n) is 3.78. The molecule has 0 aliphatic carbocycles. The van der Waals surface area contributed by atoms with Gasteiger partial charge in [0.25, 0.3) is 0 Å². The highest BCUT2D eigenvalue weighted by molar-refractivity contribution is 5.92. The number of phenolic OH excluding ortho intramolecular Hbond substituents is 1. The fourth-order valence-corrected chi connectivity index (χ4v) is 3.78. The summed E-state index contributed by atoms with van der Waals surface area (Å²) in [5.41, 5.74) is -0.318. The van der Waals surface area contributed by atoms with Crippen LogP contribution in [-0.2, 0) is 0 Å². The summed E-state index contributed by atoms with van der Waals surface area (Å²) in [6.07, 6.45) is 0.889. The van der Waals surface area contributed by atoms with Gasteiger partial charge in [-0.3, -0.25) is 0 Å². The third-order valence-electron chi connectivity index (χ3n) is 4.44. The monoisotopic (exact) mass is 330 g/mol. The van der Waals surface area contributed by atoms with Crippen LogP contribution in [0.2, 0.25) is 0 Å². The van der Waals surface area contributed by atoms with E-state index in [0.29, 0.717) is 17.6 Å². The van der Waals surface area contributed by atoms with E-state index in [1.807, 2.05) is 24.3 Å². The van der Waals surface area contributed by atoms with Crippen molar-refractivity contribution in [1.82, 2.24) is 0 Å². The summed E-state index contributed by atoms with van der Waals surface area (Å²) >= 11 is 0. The molecule has 132 valence electrons. The van der Waals surface area contributed by atoms with Gasteiger partial charge in [0.2, 0.25) is 6.29 Å². The number of benzene rings is 2. The molecule has 0 amide bonds. The van der Waals surface area contributed by atoms with E-state index in [1.54, 1.807) is 12.1 Å². The van der Waals surface area contributed by atoms with E-state index >= 15 is 0 Å². The molecule has 24 heavy (non-hydrogen) atoms. The van der Waals surface area contributed by atoms with Gasteiger partial charge in [0.1, 0.15) is 11.5 Å². The fraction of sp³-hybridized carbons (Fsp3) is 0.524. The molecular formula is C21H30O3. The molecule has 0 saturated carbocycles. The van der Waals surface area contributed by atoms with Crippen LogP contribution in [0.5, 0.6) is 11.5 Å². The highest BCUT2D eigenvalue weighted by Crippen LogP contribution is 2.39. The Kier molecular flexibility index (Phi) is 5.76. The number of hydrogen-bond acceptors (Lipinski definition) is 3. The third kappa shape index (κ3) is 4.21. The zero-order chi connectivity index (χ0) is 17.9. The summed E-state index contributed by atoms with van der Waals surface area (Å²) < 4.78 is 5.99. The van der Waals surface area contributed by atoms with E-state index in [4.69, 9.17) is 4.74 Å². The van der Waals surface area contributed by atoms with Crippen molar-refractivity contribution < 1.29 is 14.9 Å². The highest BCUT2D eigenvalue weighted by atomic mass is 16.6. The van der Waals surface area contributed by atoms with Crippen LogP contribution < -0.4 is 4.74 Å². The van der Waals surface area contributed by atoms with E-state index in [1.165, 1.54) is 0 Å². The zero-order valence-electron chi connectivity index (χ0n) is 15.4. The van der Waals surface area contributed by atoms with Crippen LogP contribution in [0.4, 0.5) is 0 Å². The first-order valence-electron chi connectivity index (χ1n) is 8.78. The maximum Gasteiger partial charge on any atom is 0.202 e. The first-order chi connectivity index (χ1) is 11.2. The molecule has 0 fully saturated rings. The first kappa shape index (κ1) is 18.6. The molecular weight excluding hydrogens is 300 g/mol. The lowest BCUT2D eigenvalue weighted by Crippen LogP contribution is -2.39. The van der Waals surface area contributed by atoms with Crippen LogP contribution in [0.15, 0.2) is 36.4 Å². The van der Waals surface area contributed by atoms with E-state index in [-0.39, 0.29) is 11.2 Å². The van der Waals surface area contributed by atoms with Gasteiger partial charge in [0.05, 0.1) is 0 Å². The lowest BCUT2D eigenvalue weighted by molar-refractivity contribution is -0.123. The minimum Gasteiger partial charge on any atom is -0.507 e. The summed E-state index contributed by atoms with van der Waals surface area (Å²) in [5.74, 6) is 1.78. The number of hydrogen-bond donors (Lipinski definition) is 2. The maximum atomic E-state index is 10.9. The minimum absolute atomic E-state index is 0.222. The molecule has 0 saturated heterocycles. The lowest BCUT2D eigenvalue weighted by atomic mass is 9.75. The van der Waals surface area contributed by atoms with Crippen LogP contribution in [-0.4, -0.2) is 16.5 Å². The van der Waals surface area contributed by atoms with E-state index in [9.17, 15) is 10.2 Å². The predicted molar refractivity (Wildman–Crippen MR) is 99.3 cm³/mol. The molecule has 2 aromatic carbocycles. The molecule has 0 aliphatic rings. The van der Waals surface area contributed by atoms with E-state index in [2.05, 4.69) is 34.6 Å². The van der Waals surface area contributed by atoms with Gasteiger partial charge in [-0.05, 0) is 36.8 Å². The Labute approximate surface area is 145 Å². The first-order valence-corrected chi connectivity index (χ1v) is 8.78. The summed E-state index contributed by atoms with van der Waals surface area (Å²) in [4.78, 5) is 0. The van der Waals surface area contributed by atoms with Gasteiger partial charge in [-0.25, -0.2) is 0 Å². The van der Waals surface area contributed by atoms with Gasteiger partial charge < -0.3 is 14.9 Å². The number of aliphatic hydroxyl groups is 1. The number of aromatic hydroxyl groups is 1. The highest BCUT2D eigenvalue weighted by Gasteiger charge is 2.36. The molecule has 3 heteroatoms. The Balaban J connectivity index is 2.33. The average molecular weight is 330 g/mol. The number of fused-ring (bicyclic) bond motifs is 1. The molecule has 0 aliphatic heterocycles. The van der Waals surface area contributed by atoms with Crippen molar-refractivity contribution in [2.45, 2.75) is 53.8 Å². The molecule has 0 aromatic heterocycles. The summed E-state index contributed by atoms with van der Waals surface area (Å²) in [5, 5.41) is 22.4. The van der Waals surface area contributed by atoms with Crippen molar-refractivity contribution >= 4 is 10.8 Å². The van der Waals surface area contributed by atoms with Crippen LogP contribution in [0.25, 0.3) is 10.8 Å². The topological polar surface area (TPSA) is 49.7 Å². The SMILES string of the molecule is CC(C)CC(C)(CC(C)C)C(O)Oc1cccc2c(O)cccc12. The summed E-state index contributed by atoms with van der Waals surface area (Å²) in [6.45, 7) is 10.8. The second kappa shape index (κ2) is 7.43. The van der Waals surface area contributed by atoms with Crippen LogP contribution in [0.1, 0.15) is 47.5 Å². The van der Waals surface area contributed by atoms with E-state index < -0.39 is 6.29 Å². The quantitative estimate of drug-likeness (QED) is 0.674. The van der Waals surface area contributed by atoms with Crippen molar-refractivity contribution in [3.8, 4) is 11.5 Å². The lowest BCUT2D eigenvalue weighted by Gasteiger charge is -2.37. The van der Waals surface area contributed by atoms with Crippen LogP contribution >= 0.6 is 0 Å². The zero-order valence-corrected chi connectivity index (χ0v) is 15.4. The standard InChI is InChI=1S/C21H30O3/c1-14(2)12-21(5,13-15(3)4)20(23)24-19-11-7-8-16-17(19)9-6-10-18(16)22/h6-11,14-15,20,22-23H,12-13H2,1-5H3. The molecule has 3 nitrogen and oxygen atoms in total. The minimum atomic E-state index is -0.893. The largest absolute Gasteiger partial charge is 0.507 e. The molecule has 2 rings (SSSR count). The van der Waals surface area contributed by atoms with Crippen molar-refractivity contribution in [3.05, 3.63) is 36.4 Å². The Hall–Kier alpha value is -1.74. The van der Waals surface area contributed by atoms with Crippen molar-refractivity contribution in [1.29, 1.82) is 0 Å². The number of ether oxygens (including phenoxy) is 1. The van der Waals surface area contributed by atoms with Gasteiger partial charge in [-0.15, -0.1) is 0 Å². The van der Waals surface area contributed by atoms with Gasteiger partial charge in [-0.2, -0.15) is 0 Å². The summed E-state index contributed by atoms with van der Waals surface area (Å²) in [7, 11) is 0. The maximum absolute atomic E-state index is 10.9. The molecule has 1 atom stereocenters. The molecule has 2 N–H and O–H groups in total. The smallest absolute Gasteiger partial charge is 0.202 e. The number of phenols is 1. The predicted octanol–water partition coefficient (Wildman–Crippen LogP) is 5.34.